The molecule has 0 radical (unpaired) electrons. The lowest BCUT2D eigenvalue weighted by molar-refractivity contribution is -0.137. The van der Waals surface area contributed by atoms with Crippen LogP contribution in [0.15, 0.2) is 24.5 Å². The number of aromatic nitrogens is 3. The van der Waals surface area contributed by atoms with Crippen LogP contribution in [0.2, 0.25) is 0 Å². The first kappa shape index (κ1) is 28.2. The van der Waals surface area contributed by atoms with Gasteiger partial charge in [-0.2, -0.15) is 13.2 Å². The van der Waals surface area contributed by atoms with Crippen molar-refractivity contribution in [3.8, 4) is 17.0 Å². The topological polar surface area (TPSA) is 109 Å². The second-order valence-electron chi connectivity index (χ2n) is 10.4. The minimum atomic E-state index is -4.55. The first-order chi connectivity index (χ1) is 18.3. The average molecular weight is 548 g/mol. The molecule has 2 N–H and O–H groups in total. The first-order valence-electron chi connectivity index (χ1n) is 12.7. The number of alkyl halides is 3. The molecule has 39 heavy (non-hydrogen) atoms. The van der Waals surface area contributed by atoms with E-state index in [1.54, 1.807) is 39.5 Å². The normalized spacial score (nSPS) is 14.9. The summed E-state index contributed by atoms with van der Waals surface area (Å²) in [6, 6.07) is 3.04. The van der Waals surface area contributed by atoms with Crippen molar-refractivity contribution in [3.63, 3.8) is 0 Å². The lowest BCUT2D eigenvalue weighted by Crippen LogP contribution is -2.47. The largest absolute Gasteiger partial charge is 0.493 e. The molecule has 12 heteroatoms. The van der Waals surface area contributed by atoms with E-state index in [1.807, 2.05) is 0 Å². The van der Waals surface area contributed by atoms with Crippen molar-refractivity contribution in [3.05, 3.63) is 41.3 Å². The van der Waals surface area contributed by atoms with Crippen LogP contribution in [-0.4, -0.2) is 63.2 Å². The SMILES string of the molecule is CCOc1ccc(C(F)(F)F)cc1-c1ncnc2c(C(=O)NC3CCN(C(=O)OC(C)(C)C)CC3)c(C)[nH]c12. The minimum absolute atomic E-state index is 0.141. The molecule has 0 aliphatic carbocycles. The molecule has 0 unspecified atom stereocenters. The van der Waals surface area contributed by atoms with E-state index < -0.39 is 17.3 Å². The minimum Gasteiger partial charge on any atom is -0.493 e. The number of carbonyl (C=O) groups excluding carboxylic acids is 2. The second-order valence-corrected chi connectivity index (χ2v) is 10.4. The molecule has 0 spiro atoms. The molecule has 1 saturated heterocycles. The zero-order valence-corrected chi connectivity index (χ0v) is 22.5. The molecule has 4 rings (SSSR count). The molecule has 2 aromatic heterocycles. The lowest BCUT2D eigenvalue weighted by Gasteiger charge is -2.33. The fourth-order valence-electron chi connectivity index (χ4n) is 4.57. The summed E-state index contributed by atoms with van der Waals surface area (Å²) in [4.78, 5) is 38.9. The number of halogens is 3. The standard InChI is InChI=1S/C27H32F3N5O4/c1-6-38-19-8-7-16(27(28,29)30)13-18(19)21-23-22(32-14-31-21)20(15(2)33-23)24(36)34-17-9-11-35(12-10-17)25(37)39-26(3,4)5/h7-8,13-14,17,33H,6,9-12H2,1-5H3,(H,34,36). The highest BCUT2D eigenvalue weighted by molar-refractivity contribution is 6.09. The van der Waals surface area contributed by atoms with E-state index in [1.165, 1.54) is 12.4 Å². The van der Waals surface area contributed by atoms with Gasteiger partial charge in [0.1, 0.15) is 28.9 Å². The molecule has 0 saturated carbocycles. The number of hydrogen-bond acceptors (Lipinski definition) is 6. The van der Waals surface area contributed by atoms with Crippen molar-refractivity contribution in [2.45, 2.75) is 65.3 Å². The summed E-state index contributed by atoms with van der Waals surface area (Å²) in [5.74, 6) is -0.131. The number of H-pyrrole nitrogens is 1. The number of ether oxygens (including phenoxy) is 2. The highest BCUT2D eigenvalue weighted by Crippen LogP contribution is 2.39. The Morgan fingerprint density at radius 2 is 1.85 bits per heavy atom. The third-order valence-corrected chi connectivity index (χ3v) is 6.34. The molecule has 210 valence electrons. The maximum atomic E-state index is 13.5. The number of rotatable bonds is 5. The number of aromatic amines is 1. The van der Waals surface area contributed by atoms with Crippen LogP contribution in [0.3, 0.4) is 0 Å². The Balaban J connectivity index is 1.59. The van der Waals surface area contributed by atoms with Gasteiger partial charge in [-0.3, -0.25) is 4.79 Å². The van der Waals surface area contributed by atoms with Gasteiger partial charge in [0.2, 0.25) is 0 Å². The molecule has 1 aromatic carbocycles. The van der Waals surface area contributed by atoms with Crippen molar-refractivity contribution >= 4 is 23.0 Å². The maximum Gasteiger partial charge on any atom is 0.416 e. The lowest BCUT2D eigenvalue weighted by atomic mass is 10.0. The van der Waals surface area contributed by atoms with Gasteiger partial charge < -0.3 is 24.7 Å². The maximum absolute atomic E-state index is 13.5. The van der Waals surface area contributed by atoms with Crippen LogP contribution in [0.25, 0.3) is 22.3 Å². The molecule has 1 fully saturated rings. The fraction of sp³-hybridized carbons (Fsp3) is 0.481. The Hall–Kier alpha value is -3.83. The van der Waals surface area contributed by atoms with E-state index in [2.05, 4.69) is 20.3 Å². The third kappa shape index (κ3) is 6.26. The Kier molecular flexibility index (Phi) is 7.76. The first-order valence-corrected chi connectivity index (χ1v) is 12.7. The summed E-state index contributed by atoms with van der Waals surface area (Å²) < 4.78 is 51.5. The van der Waals surface area contributed by atoms with Crippen LogP contribution in [0.5, 0.6) is 5.75 Å². The van der Waals surface area contributed by atoms with Gasteiger partial charge in [-0.1, -0.05) is 0 Å². The average Bonchev–Trinajstić information content (AvgIpc) is 3.19. The number of likely N-dealkylation sites (tertiary alicyclic amines) is 1. The summed E-state index contributed by atoms with van der Waals surface area (Å²) >= 11 is 0. The predicted octanol–water partition coefficient (Wildman–Crippen LogP) is 5.48. The van der Waals surface area contributed by atoms with E-state index >= 15 is 0 Å². The molecule has 1 aliphatic rings. The monoisotopic (exact) mass is 547 g/mol. The summed E-state index contributed by atoms with van der Waals surface area (Å²) in [5.41, 5.74) is 0.318. The Morgan fingerprint density at radius 3 is 2.46 bits per heavy atom. The van der Waals surface area contributed by atoms with Crippen molar-refractivity contribution < 1.29 is 32.2 Å². The van der Waals surface area contributed by atoms with Gasteiger partial charge in [0.15, 0.2) is 0 Å². The summed E-state index contributed by atoms with van der Waals surface area (Å²) in [6.07, 6.45) is -2.62. The van der Waals surface area contributed by atoms with Gasteiger partial charge in [-0.25, -0.2) is 14.8 Å². The Labute approximate surface area is 224 Å². The number of benzene rings is 1. The molecule has 9 nitrogen and oxygen atoms in total. The van der Waals surface area contributed by atoms with Crippen molar-refractivity contribution in [2.75, 3.05) is 19.7 Å². The van der Waals surface area contributed by atoms with Crippen LogP contribution >= 0.6 is 0 Å². The molecular weight excluding hydrogens is 515 g/mol. The third-order valence-electron chi connectivity index (χ3n) is 6.34. The van der Waals surface area contributed by atoms with E-state index in [4.69, 9.17) is 9.47 Å². The summed E-state index contributed by atoms with van der Waals surface area (Å²) in [7, 11) is 0. The highest BCUT2D eigenvalue weighted by Gasteiger charge is 2.33. The number of nitrogens with zero attached hydrogens (tertiary/aromatic N) is 3. The van der Waals surface area contributed by atoms with Crippen molar-refractivity contribution in [1.82, 2.24) is 25.2 Å². The number of nitrogens with one attached hydrogen (secondary N) is 2. The number of hydrogen-bond donors (Lipinski definition) is 2. The molecule has 3 heterocycles. The molecule has 2 amide bonds. The second kappa shape index (κ2) is 10.7. The summed E-state index contributed by atoms with van der Waals surface area (Å²) in [5, 5.41) is 3.01. The van der Waals surface area contributed by atoms with Gasteiger partial charge in [-0.15, -0.1) is 0 Å². The van der Waals surface area contributed by atoms with E-state index in [9.17, 15) is 22.8 Å². The fourth-order valence-corrected chi connectivity index (χ4v) is 4.57. The molecule has 0 atom stereocenters. The molecule has 1 aliphatic heterocycles. The van der Waals surface area contributed by atoms with Gasteiger partial charge in [0, 0.05) is 30.4 Å². The number of carbonyl (C=O) groups is 2. The highest BCUT2D eigenvalue weighted by atomic mass is 19.4. The quantitative estimate of drug-likeness (QED) is 0.438. The van der Waals surface area contributed by atoms with Gasteiger partial charge in [-0.05, 0) is 65.7 Å². The van der Waals surface area contributed by atoms with E-state index in [0.29, 0.717) is 42.7 Å². The summed E-state index contributed by atoms with van der Waals surface area (Å²) in [6.45, 7) is 9.97. The molecule has 3 aromatic rings. The Bertz CT molecular complexity index is 1370. The van der Waals surface area contributed by atoms with Gasteiger partial charge >= 0.3 is 12.3 Å². The number of aryl methyl sites for hydroxylation is 1. The predicted molar refractivity (Wildman–Crippen MR) is 139 cm³/mol. The smallest absolute Gasteiger partial charge is 0.416 e. The van der Waals surface area contributed by atoms with E-state index in [0.717, 1.165) is 12.1 Å². The van der Waals surface area contributed by atoms with Crippen LogP contribution < -0.4 is 10.1 Å². The number of piperidine rings is 1. The molecule has 0 bridgehead atoms. The Morgan fingerprint density at radius 1 is 1.15 bits per heavy atom. The van der Waals surface area contributed by atoms with Crippen LogP contribution in [0.1, 0.15) is 62.2 Å². The van der Waals surface area contributed by atoms with Crippen molar-refractivity contribution in [1.29, 1.82) is 0 Å². The number of fused-ring (bicyclic) bond motifs is 1. The van der Waals surface area contributed by atoms with Crippen LogP contribution in [0.4, 0.5) is 18.0 Å². The van der Waals surface area contributed by atoms with Crippen LogP contribution in [-0.2, 0) is 10.9 Å². The van der Waals surface area contributed by atoms with Gasteiger partial charge in [0.25, 0.3) is 5.91 Å². The van der Waals surface area contributed by atoms with Gasteiger partial charge in [0.05, 0.1) is 23.3 Å². The van der Waals surface area contributed by atoms with Crippen LogP contribution in [0, 0.1) is 6.92 Å². The number of amides is 2. The van der Waals surface area contributed by atoms with Crippen molar-refractivity contribution in [2.24, 2.45) is 0 Å². The molecular formula is C27H32F3N5O4. The zero-order valence-electron chi connectivity index (χ0n) is 22.5. The van der Waals surface area contributed by atoms with E-state index in [-0.39, 0.29) is 47.2 Å². The zero-order chi connectivity index (χ0) is 28.5.